The molecule has 0 unspecified atom stereocenters. The molecule has 14 heavy (non-hydrogen) atoms. The van der Waals surface area contributed by atoms with Crippen molar-refractivity contribution in [1.29, 1.82) is 0 Å². The Morgan fingerprint density at radius 1 is 1.50 bits per heavy atom. The van der Waals surface area contributed by atoms with Crippen molar-refractivity contribution < 1.29 is 14.4 Å². The molecule has 2 heterocycles. The number of hydrogen-bond acceptors (Lipinski definition) is 4. The van der Waals surface area contributed by atoms with Crippen LogP contribution in [0.2, 0.25) is 0 Å². The first-order valence-corrected chi connectivity index (χ1v) is 4.96. The zero-order valence-electron chi connectivity index (χ0n) is 7.23. The number of hydrogen-bond donors (Lipinski definition) is 1. The van der Waals surface area contributed by atoms with Crippen molar-refractivity contribution in [1.82, 2.24) is 10.4 Å². The molecular weight excluding hydrogens is 204 g/mol. The van der Waals surface area contributed by atoms with Gasteiger partial charge in [0.1, 0.15) is 0 Å². The number of carbonyl (C=O) groups is 2. The molecule has 0 spiro atoms. The van der Waals surface area contributed by atoms with E-state index < -0.39 is 6.03 Å². The van der Waals surface area contributed by atoms with Crippen LogP contribution in [0.25, 0.3) is 0 Å². The molecule has 1 fully saturated rings. The van der Waals surface area contributed by atoms with E-state index in [-0.39, 0.29) is 12.3 Å². The van der Waals surface area contributed by atoms with Crippen LogP contribution in [0, 0.1) is 0 Å². The van der Waals surface area contributed by atoms with Gasteiger partial charge in [0.2, 0.25) is 11.0 Å². The molecule has 3 amide bonds. The van der Waals surface area contributed by atoms with Crippen molar-refractivity contribution in [3.8, 4) is 5.06 Å². The molecule has 0 aliphatic carbocycles. The van der Waals surface area contributed by atoms with Gasteiger partial charge >= 0.3 is 6.03 Å². The van der Waals surface area contributed by atoms with E-state index in [1.165, 1.54) is 11.3 Å². The summed E-state index contributed by atoms with van der Waals surface area (Å²) < 4.78 is 0. The van der Waals surface area contributed by atoms with E-state index in [2.05, 4.69) is 5.32 Å². The molecule has 0 atom stereocenters. The smallest absolute Gasteiger partial charge is 0.357 e. The number of rotatable bonds is 2. The summed E-state index contributed by atoms with van der Waals surface area (Å²) in [4.78, 5) is 27.3. The number of imide groups is 1. The highest BCUT2D eigenvalue weighted by atomic mass is 32.1. The van der Waals surface area contributed by atoms with Crippen LogP contribution in [0.5, 0.6) is 5.06 Å². The molecule has 5 nitrogen and oxygen atoms in total. The van der Waals surface area contributed by atoms with E-state index in [9.17, 15) is 9.59 Å². The maximum atomic E-state index is 11.2. The normalized spacial score (nSPS) is 16.7. The summed E-state index contributed by atoms with van der Waals surface area (Å²) >= 11 is 1.39. The predicted octanol–water partition coefficient (Wildman–Crippen LogP) is 0.984. The quantitative estimate of drug-likeness (QED) is 0.795. The fourth-order valence-corrected chi connectivity index (χ4v) is 1.64. The van der Waals surface area contributed by atoms with Gasteiger partial charge in [0.25, 0.3) is 0 Å². The monoisotopic (exact) mass is 212 g/mol. The van der Waals surface area contributed by atoms with E-state index >= 15 is 0 Å². The van der Waals surface area contributed by atoms with Crippen molar-refractivity contribution in [2.24, 2.45) is 0 Å². The molecule has 1 aromatic heterocycles. The Bertz CT molecular complexity index is 349. The summed E-state index contributed by atoms with van der Waals surface area (Å²) in [5.74, 6) is -0.263. The summed E-state index contributed by atoms with van der Waals surface area (Å²) in [6.45, 7) is 0.294. The number of thiophene rings is 1. The van der Waals surface area contributed by atoms with Gasteiger partial charge in [-0.25, -0.2) is 4.79 Å². The lowest BCUT2D eigenvalue weighted by Crippen LogP contribution is -2.50. The summed E-state index contributed by atoms with van der Waals surface area (Å²) in [6.07, 6.45) is 0.275. The van der Waals surface area contributed by atoms with Crippen molar-refractivity contribution in [3.63, 3.8) is 0 Å². The lowest BCUT2D eigenvalue weighted by atomic mass is 10.3. The molecule has 0 aromatic carbocycles. The van der Waals surface area contributed by atoms with Crippen molar-refractivity contribution in [2.45, 2.75) is 6.42 Å². The molecule has 1 aliphatic rings. The Morgan fingerprint density at radius 3 is 3.00 bits per heavy atom. The highest BCUT2D eigenvalue weighted by Gasteiger charge is 2.24. The van der Waals surface area contributed by atoms with Crippen LogP contribution in [-0.2, 0) is 4.79 Å². The van der Waals surface area contributed by atoms with Gasteiger partial charge in [-0.1, -0.05) is 0 Å². The molecule has 74 valence electrons. The standard InChI is InChI=1S/C8H8N2O3S/c11-6-3-4-10(8(12)9-6)13-7-2-1-5-14-7/h1-2,5H,3-4H2,(H,9,11,12). The number of carbonyl (C=O) groups excluding carboxylic acids is 2. The van der Waals surface area contributed by atoms with E-state index in [0.717, 1.165) is 5.06 Å². The second-order valence-corrected chi connectivity index (χ2v) is 3.64. The zero-order valence-corrected chi connectivity index (χ0v) is 8.04. The van der Waals surface area contributed by atoms with E-state index in [1.54, 1.807) is 6.07 Å². The van der Waals surface area contributed by atoms with Crippen molar-refractivity contribution in [3.05, 3.63) is 17.5 Å². The molecule has 6 heteroatoms. The van der Waals surface area contributed by atoms with Gasteiger partial charge in [-0.3, -0.25) is 10.1 Å². The van der Waals surface area contributed by atoms with Crippen LogP contribution >= 0.6 is 11.3 Å². The second kappa shape index (κ2) is 3.67. The SMILES string of the molecule is O=C1CCN(Oc2cccs2)C(=O)N1. The van der Waals surface area contributed by atoms with Crippen LogP contribution in [0.1, 0.15) is 6.42 Å². The van der Waals surface area contributed by atoms with Crippen LogP contribution in [-0.4, -0.2) is 23.5 Å². The van der Waals surface area contributed by atoms with Gasteiger partial charge in [0.15, 0.2) is 0 Å². The van der Waals surface area contributed by atoms with Crippen LogP contribution < -0.4 is 10.2 Å². The van der Waals surface area contributed by atoms with Crippen LogP contribution in [0.4, 0.5) is 4.79 Å². The van der Waals surface area contributed by atoms with Gasteiger partial charge in [-0.15, -0.1) is 11.3 Å². The fourth-order valence-electron chi connectivity index (χ4n) is 1.06. The Labute approximate surface area is 84.2 Å². The van der Waals surface area contributed by atoms with Crippen molar-refractivity contribution >= 4 is 23.3 Å². The Kier molecular flexibility index (Phi) is 2.36. The minimum absolute atomic E-state index is 0.263. The Morgan fingerprint density at radius 2 is 2.36 bits per heavy atom. The van der Waals surface area contributed by atoms with Gasteiger partial charge in [0, 0.05) is 6.42 Å². The molecule has 1 aromatic rings. The summed E-state index contributed by atoms with van der Waals surface area (Å²) in [5, 5.41) is 5.80. The van der Waals surface area contributed by atoms with E-state index in [1.807, 2.05) is 11.4 Å². The summed E-state index contributed by atoms with van der Waals surface area (Å²) in [7, 11) is 0. The molecule has 0 radical (unpaired) electrons. The largest absolute Gasteiger partial charge is 0.364 e. The first kappa shape index (κ1) is 9.01. The second-order valence-electron chi connectivity index (χ2n) is 2.73. The molecular formula is C8H8N2O3S. The van der Waals surface area contributed by atoms with Gasteiger partial charge in [-0.05, 0) is 17.5 Å². The maximum absolute atomic E-state index is 11.2. The molecule has 2 rings (SSSR count). The predicted molar refractivity (Wildman–Crippen MR) is 49.8 cm³/mol. The molecule has 1 N–H and O–H groups in total. The average Bonchev–Trinajstić information content (AvgIpc) is 2.62. The fraction of sp³-hybridized carbons (Fsp3) is 0.250. The average molecular weight is 212 g/mol. The van der Waals surface area contributed by atoms with E-state index in [4.69, 9.17) is 4.84 Å². The number of nitrogens with one attached hydrogen (secondary N) is 1. The summed E-state index contributed by atoms with van der Waals surface area (Å²) in [6, 6.07) is 3.08. The minimum atomic E-state index is -0.505. The highest BCUT2D eigenvalue weighted by molar-refractivity contribution is 7.11. The Hall–Kier alpha value is -1.56. The molecule has 1 saturated heterocycles. The number of hydroxylamine groups is 2. The highest BCUT2D eigenvalue weighted by Crippen LogP contribution is 2.20. The molecule has 0 saturated carbocycles. The van der Waals surface area contributed by atoms with Gasteiger partial charge in [0.05, 0.1) is 6.54 Å². The third-order valence-electron chi connectivity index (χ3n) is 1.71. The Balaban J connectivity index is 1.99. The van der Waals surface area contributed by atoms with Crippen LogP contribution in [0.3, 0.4) is 0 Å². The lowest BCUT2D eigenvalue weighted by molar-refractivity contribution is -0.125. The van der Waals surface area contributed by atoms with Gasteiger partial charge < -0.3 is 4.84 Å². The number of amides is 3. The van der Waals surface area contributed by atoms with Crippen LogP contribution in [0.15, 0.2) is 17.5 Å². The number of urea groups is 1. The molecule has 1 aliphatic heterocycles. The lowest BCUT2D eigenvalue weighted by Gasteiger charge is -2.24. The van der Waals surface area contributed by atoms with Gasteiger partial charge in [-0.2, -0.15) is 5.06 Å². The maximum Gasteiger partial charge on any atom is 0.357 e. The first-order valence-electron chi connectivity index (χ1n) is 4.08. The number of nitrogens with zero attached hydrogens (tertiary/aromatic N) is 1. The summed E-state index contributed by atoms with van der Waals surface area (Å²) in [5.41, 5.74) is 0. The first-order chi connectivity index (χ1) is 6.75. The molecule has 0 bridgehead atoms. The van der Waals surface area contributed by atoms with Crippen molar-refractivity contribution in [2.75, 3.05) is 6.54 Å². The zero-order chi connectivity index (χ0) is 9.97. The van der Waals surface area contributed by atoms with E-state index in [0.29, 0.717) is 11.6 Å². The third-order valence-corrected chi connectivity index (χ3v) is 2.45. The third kappa shape index (κ3) is 1.85. The minimum Gasteiger partial charge on any atom is -0.364 e. The topological polar surface area (TPSA) is 58.6 Å².